The Morgan fingerprint density at radius 3 is 1.22 bits per heavy atom. The number of anilines is 6. The summed E-state index contributed by atoms with van der Waals surface area (Å²) in [5, 5.41) is 18.0. The maximum absolute atomic E-state index is 9.67. The van der Waals surface area contributed by atoms with Crippen LogP contribution in [0.15, 0.2) is 154 Å². The fourth-order valence-electron chi connectivity index (χ4n) is 9.61. The van der Waals surface area contributed by atoms with Crippen LogP contribution in [0.5, 0.6) is 0 Å². The van der Waals surface area contributed by atoms with Crippen molar-refractivity contribution in [1.29, 1.82) is 5.26 Å². The molecule has 0 aliphatic rings. The Morgan fingerprint density at radius 1 is 0.438 bits per heavy atom. The molecule has 2 heterocycles. The molecule has 11 rings (SSSR count). The molecule has 6 heteroatoms. The quantitative estimate of drug-likeness (QED) is 0.156. The van der Waals surface area contributed by atoms with E-state index < -0.39 is 0 Å². The molecule has 0 N–H and O–H groups in total. The van der Waals surface area contributed by atoms with Gasteiger partial charge >= 0.3 is 0 Å². The molecule has 9 aromatic carbocycles. The normalized spacial score (nSPS) is 11.6. The second-order valence-corrected chi connectivity index (χ2v) is 17.0. The molecule has 0 saturated carbocycles. The molecule has 64 heavy (non-hydrogen) atoms. The maximum Gasteiger partial charge on any atom is 0.187 e. The van der Waals surface area contributed by atoms with Gasteiger partial charge in [-0.25, -0.2) is 4.85 Å². The number of hydrogen-bond acceptors (Lipinski definition) is 5. The molecule has 0 spiro atoms. The Labute approximate surface area is 371 Å². The lowest BCUT2D eigenvalue weighted by molar-refractivity contribution is 0.664. The van der Waals surface area contributed by atoms with E-state index in [1.165, 1.54) is 33.4 Å². The van der Waals surface area contributed by atoms with E-state index in [-0.39, 0.29) is 0 Å². The van der Waals surface area contributed by atoms with Crippen molar-refractivity contribution < 1.29 is 8.83 Å². The highest BCUT2D eigenvalue weighted by Crippen LogP contribution is 2.49. The molecule has 0 unspecified atom stereocenters. The SMILES string of the molecule is [C-]#[N+]c1ccc(N(c2cc(C)c(C)c(C)c2)c2cc3oc4cc5c(cc4c3c3ccccc23)oc2cc(N(c3ccc(C#N)cc3)c3cc(C)c(C)c(C)c3)c3ccccc3c25)cc1. The van der Waals surface area contributed by atoms with Gasteiger partial charge in [0.15, 0.2) is 5.69 Å². The van der Waals surface area contributed by atoms with Gasteiger partial charge in [0.2, 0.25) is 0 Å². The third-order valence-electron chi connectivity index (χ3n) is 13.3. The van der Waals surface area contributed by atoms with Crippen molar-refractivity contribution in [2.45, 2.75) is 41.5 Å². The number of benzene rings is 9. The Kier molecular flexibility index (Phi) is 8.84. The first kappa shape index (κ1) is 38.6. The van der Waals surface area contributed by atoms with E-state index in [2.05, 4.69) is 159 Å². The summed E-state index contributed by atoms with van der Waals surface area (Å²) in [5.74, 6) is 0. The summed E-state index contributed by atoms with van der Waals surface area (Å²) in [6, 6.07) is 52.5. The van der Waals surface area contributed by atoms with Crippen LogP contribution in [0.4, 0.5) is 39.8 Å². The Balaban J connectivity index is 1.15. The zero-order chi connectivity index (χ0) is 44.0. The third kappa shape index (κ3) is 5.99. The van der Waals surface area contributed by atoms with E-state index in [1.807, 2.05) is 48.5 Å². The van der Waals surface area contributed by atoms with Crippen LogP contribution in [-0.4, -0.2) is 0 Å². The van der Waals surface area contributed by atoms with Gasteiger partial charge in [-0.15, -0.1) is 0 Å². The smallest absolute Gasteiger partial charge is 0.187 e. The molecule has 6 nitrogen and oxygen atoms in total. The summed E-state index contributed by atoms with van der Waals surface area (Å²) in [6.07, 6.45) is 0. The standard InChI is InChI=1S/C58H42N4O2/c1-33-24-43(25-34(2)37(33)5)61(41-20-16-39(32-59)17-21-41)51-30-55-57(47-14-10-8-12-45(47)51)49-28-54-50(29-53(49)63-55)58-48-15-11-9-13-46(48)52(31-56(58)64-54)62(42-22-18-40(60-7)19-23-42)44-26-35(3)38(6)36(4)27-44/h8-31H,1-6H3. The number of hydrogen-bond donors (Lipinski definition) is 0. The highest BCUT2D eigenvalue weighted by atomic mass is 16.3. The van der Waals surface area contributed by atoms with E-state index in [1.54, 1.807) is 0 Å². The van der Waals surface area contributed by atoms with Crippen molar-refractivity contribution in [2.24, 2.45) is 0 Å². The van der Waals surface area contributed by atoms with E-state index in [0.29, 0.717) is 11.3 Å². The van der Waals surface area contributed by atoms with E-state index in [4.69, 9.17) is 15.4 Å². The summed E-state index contributed by atoms with van der Waals surface area (Å²) in [7, 11) is 0. The summed E-state index contributed by atoms with van der Waals surface area (Å²) < 4.78 is 13.9. The lowest BCUT2D eigenvalue weighted by atomic mass is 9.98. The van der Waals surface area contributed by atoms with E-state index in [0.717, 1.165) is 99.5 Å². The minimum Gasteiger partial charge on any atom is -0.456 e. The Morgan fingerprint density at radius 2 is 0.828 bits per heavy atom. The fourth-order valence-corrected chi connectivity index (χ4v) is 9.61. The number of nitriles is 1. The van der Waals surface area contributed by atoms with Gasteiger partial charge in [-0.3, -0.25) is 0 Å². The summed E-state index contributed by atoms with van der Waals surface area (Å²) in [4.78, 5) is 8.24. The van der Waals surface area contributed by atoms with Gasteiger partial charge in [-0.1, -0.05) is 60.7 Å². The van der Waals surface area contributed by atoms with Gasteiger partial charge in [0.05, 0.1) is 29.6 Å². The van der Waals surface area contributed by atoms with Crippen molar-refractivity contribution in [3.8, 4) is 6.07 Å². The molecular formula is C58H42N4O2. The minimum atomic E-state index is 0.596. The molecular weight excluding hydrogens is 785 g/mol. The number of fused-ring (bicyclic) bond motifs is 10. The topological polar surface area (TPSA) is 60.9 Å². The van der Waals surface area contributed by atoms with Gasteiger partial charge in [-0.05, 0) is 158 Å². The summed E-state index contributed by atoms with van der Waals surface area (Å²) in [6.45, 7) is 20.6. The van der Waals surface area contributed by atoms with Gasteiger partial charge < -0.3 is 18.6 Å². The minimum absolute atomic E-state index is 0.596. The summed E-state index contributed by atoms with van der Waals surface area (Å²) in [5.41, 5.74) is 17.6. The number of aryl methyl sites for hydroxylation is 4. The van der Waals surface area contributed by atoms with Gasteiger partial charge in [0.1, 0.15) is 22.3 Å². The molecule has 0 bridgehead atoms. The summed E-state index contributed by atoms with van der Waals surface area (Å²) >= 11 is 0. The Hall–Kier alpha value is -8.32. The lowest BCUT2D eigenvalue weighted by Crippen LogP contribution is -2.11. The molecule has 0 aliphatic heterocycles. The number of rotatable bonds is 6. The molecule has 0 saturated heterocycles. The monoisotopic (exact) mass is 826 g/mol. The predicted molar refractivity (Wildman–Crippen MR) is 265 cm³/mol. The highest BCUT2D eigenvalue weighted by Gasteiger charge is 2.25. The molecule has 2 aromatic heterocycles. The average Bonchev–Trinajstić information content (AvgIpc) is 3.86. The van der Waals surface area contributed by atoms with Crippen LogP contribution in [0, 0.1) is 59.4 Å². The molecule has 0 radical (unpaired) electrons. The largest absolute Gasteiger partial charge is 0.456 e. The Bertz CT molecular complexity index is 3520. The first-order valence-electron chi connectivity index (χ1n) is 21.5. The van der Waals surface area contributed by atoms with Crippen LogP contribution in [0.1, 0.15) is 38.9 Å². The van der Waals surface area contributed by atoms with Crippen molar-refractivity contribution in [3.63, 3.8) is 0 Å². The molecule has 0 atom stereocenters. The zero-order valence-corrected chi connectivity index (χ0v) is 36.5. The first-order chi connectivity index (χ1) is 31.1. The molecule has 306 valence electrons. The highest BCUT2D eigenvalue weighted by molar-refractivity contribution is 6.28. The van der Waals surface area contributed by atoms with E-state index in [9.17, 15) is 5.26 Å². The van der Waals surface area contributed by atoms with Gasteiger partial charge in [-0.2, -0.15) is 5.26 Å². The lowest BCUT2D eigenvalue weighted by Gasteiger charge is -2.28. The second kappa shape index (κ2) is 14.7. The molecule has 11 aromatic rings. The zero-order valence-electron chi connectivity index (χ0n) is 36.5. The van der Waals surface area contributed by atoms with Crippen LogP contribution in [0.3, 0.4) is 0 Å². The fraction of sp³-hybridized carbons (Fsp3) is 0.103. The van der Waals surface area contributed by atoms with E-state index >= 15 is 0 Å². The average molecular weight is 827 g/mol. The number of furan rings is 2. The van der Waals surface area contributed by atoms with Gasteiger partial charge in [0.25, 0.3) is 0 Å². The molecule has 0 aliphatic carbocycles. The van der Waals surface area contributed by atoms with Crippen LogP contribution in [0.25, 0.3) is 70.3 Å². The van der Waals surface area contributed by atoms with Crippen molar-refractivity contribution >= 4 is 105 Å². The molecule has 0 fully saturated rings. The molecule has 0 amide bonds. The van der Waals surface area contributed by atoms with Crippen molar-refractivity contribution in [3.05, 3.63) is 196 Å². The second-order valence-electron chi connectivity index (χ2n) is 17.0. The van der Waals surface area contributed by atoms with Crippen molar-refractivity contribution in [1.82, 2.24) is 0 Å². The number of nitrogens with zero attached hydrogens (tertiary/aromatic N) is 4. The predicted octanol–water partition coefficient (Wildman–Crippen LogP) is 17.0. The van der Waals surface area contributed by atoms with Gasteiger partial charge in [0, 0.05) is 67.2 Å². The third-order valence-corrected chi connectivity index (χ3v) is 13.3. The maximum atomic E-state index is 9.67. The van der Waals surface area contributed by atoms with Crippen LogP contribution >= 0.6 is 0 Å². The van der Waals surface area contributed by atoms with Crippen LogP contribution in [-0.2, 0) is 0 Å². The first-order valence-corrected chi connectivity index (χ1v) is 21.5. The van der Waals surface area contributed by atoms with Crippen molar-refractivity contribution in [2.75, 3.05) is 9.80 Å². The van der Waals surface area contributed by atoms with Crippen LogP contribution in [0.2, 0.25) is 0 Å². The van der Waals surface area contributed by atoms with Crippen LogP contribution < -0.4 is 9.80 Å².